The smallest absolute Gasteiger partial charge is 0.175 e. The predicted molar refractivity (Wildman–Crippen MR) is 204 cm³/mol. The standard InChI is InChI=1S/C45H33N5/c1-45(31-19-9-4-10-20-31)36-23-13-11-21-32(36)34-27-35-33-22-12-14-24-39(33)50(40(35)28-37(34)45)41-26-25-38(46-41)44-48-42(29-15-5-2-6-16-29)47-43(49-44)30-17-7-3-8-18-30/h2-28,42,46H,1H3,(H,47,48,49). The molecule has 0 saturated heterocycles. The number of fused-ring (bicyclic) bond motifs is 6. The highest BCUT2D eigenvalue weighted by Gasteiger charge is 2.41. The molecule has 0 fully saturated rings. The molecule has 2 aliphatic rings. The fourth-order valence-corrected chi connectivity index (χ4v) is 8.06. The van der Waals surface area contributed by atoms with Crippen LogP contribution in [0.25, 0.3) is 38.8 Å². The highest BCUT2D eigenvalue weighted by molar-refractivity contribution is 6.13. The van der Waals surface area contributed by atoms with Gasteiger partial charge in [0, 0.05) is 21.8 Å². The molecule has 3 heterocycles. The quantitative estimate of drug-likeness (QED) is 0.193. The van der Waals surface area contributed by atoms with Gasteiger partial charge in [-0.05, 0) is 70.6 Å². The maximum absolute atomic E-state index is 5.12. The van der Waals surface area contributed by atoms with Crippen molar-refractivity contribution in [2.45, 2.75) is 18.5 Å². The van der Waals surface area contributed by atoms with Crippen LogP contribution in [-0.2, 0) is 5.41 Å². The molecule has 2 aromatic heterocycles. The van der Waals surface area contributed by atoms with Gasteiger partial charge < -0.3 is 10.3 Å². The van der Waals surface area contributed by atoms with E-state index in [1.807, 2.05) is 36.4 Å². The molecule has 238 valence electrons. The molecule has 0 bridgehead atoms. The summed E-state index contributed by atoms with van der Waals surface area (Å²) < 4.78 is 2.36. The topological polar surface area (TPSA) is 57.5 Å². The molecule has 0 amide bonds. The van der Waals surface area contributed by atoms with Crippen molar-refractivity contribution in [3.63, 3.8) is 0 Å². The second-order valence-corrected chi connectivity index (χ2v) is 13.3. The lowest BCUT2D eigenvalue weighted by atomic mass is 9.74. The maximum atomic E-state index is 5.12. The van der Waals surface area contributed by atoms with Crippen LogP contribution in [0, 0.1) is 0 Å². The summed E-state index contributed by atoms with van der Waals surface area (Å²) in [5.41, 5.74) is 11.5. The highest BCUT2D eigenvalue weighted by Crippen LogP contribution is 2.54. The van der Waals surface area contributed by atoms with Crippen molar-refractivity contribution in [1.82, 2.24) is 14.9 Å². The first-order valence-corrected chi connectivity index (χ1v) is 17.1. The minimum atomic E-state index is -0.289. The van der Waals surface area contributed by atoms with Crippen LogP contribution in [-0.4, -0.2) is 21.2 Å². The Bertz CT molecular complexity index is 2630. The number of aliphatic imine (C=N–C) groups is 2. The normalized spacial score (nSPS) is 18.0. The molecular weight excluding hydrogens is 611 g/mol. The average molecular weight is 644 g/mol. The van der Waals surface area contributed by atoms with Crippen LogP contribution in [0.2, 0.25) is 0 Å². The largest absolute Gasteiger partial charge is 0.344 e. The highest BCUT2D eigenvalue weighted by atomic mass is 15.2. The van der Waals surface area contributed by atoms with E-state index in [9.17, 15) is 0 Å². The summed E-state index contributed by atoms with van der Waals surface area (Å²) in [5.74, 6) is 2.43. The van der Waals surface area contributed by atoms with E-state index in [2.05, 4.69) is 149 Å². The van der Waals surface area contributed by atoms with Gasteiger partial charge in [-0.3, -0.25) is 4.57 Å². The van der Waals surface area contributed by atoms with Gasteiger partial charge in [-0.15, -0.1) is 0 Å². The summed E-state index contributed by atoms with van der Waals surface area (Å²) in [6, 6.07) is 58.2. The first-order valence-electron chi connectivity index (χ1n) is 17.1. The first kappa shape index (κ1) is 28.5. The van der Waals surface area contributed by atoms with Crippen LogP contribution in [0.4, 0.5) is 0 Å². The molecule has 1 aliphatic heterocycles. The number of H-pyrrole nitrogens is 1. The number of para-hydroxylation sites is 1. The summed E-state index contributed by atoms with van der Waals surface area (Å²) in [6.07, 6.45) is -0.265. The number of nitrogens with zero attached hydrogens (tertiary/aromatic N) is 3. The SMILES string of the molecule is CC1(c2ccccc2)c2ccccc2-c2cc3c4ccccc4n(-c4ccc(C5=NC(c6ccccc6)NC(c6ccccc6)=N5)[nH]4)c3cc21. The lowest BCUT2D eigenvalue weighted by molar-refractivity contribution is 0.674. The van der Waals surface area contributed by atoms with E-state index in [0.29, 0.717) is 5.84 Å². The predicted octanol–water partition coefficient (Wildman–Crippen LogP) is 9.94. The molecule has 0 radical (unpaired) electrons. The first-order chi connectivity index (χ1) is 24.7. The van der Waals surface area contributed by atoms with E-state index in [1.165, 1.54) is 38.6 Å². The number of hydrogen-bond acceptors (Lipinski definition) is 3. The van der Waals surface area contributed by atoms with Crippen molar-refractivity contribution in [2.24, 2.45) is 9.98 Å². The van der Waals surface area contributed by atoms with Crippen molar-refractivity contribution < 1.29 is 0 Å². The Balaban J connectivity index is 1.16. The number of amidine groups is 2. The number of rotatable bonds is 5. The summed E-state index contributed by atoms with van der Waals surface area (Å²) >= 11 is 0. The fourth-order valence-electron chi connectivity index (χ4n) is 8.06. The minimum absolute atomic E-state index is 0.265. The summed E-state index contributed by atoms with van der Waals surface area (Å²) in [6.45, 7) is 2.37. The van der Waals surface area contributed by atoms with Gasteiger partial charge in [0.15, 0.2) is 5.84 Å². The fraction of sp³-hybridized carbons (Fsp3) is 0.0667. The third-order valence-electron chi connectivity index (χ3n) is 10.5. The van der Waals surface area contributed by atoms with E-state index >= 15 is 0 Å². The van der Waals surface area contributed by atoms with Crippen molar-refractivity contribution in [1.29, 1.82) is 0 Å². The van der Waals surface area contributed by atoms with Crippen LogP contribution in [0.5, 0.6) is 0 Å². The van der Waals surface area contributed by atoms with Gasteiger partial charge in [0.1, 0.15) is 17.8 Å². The Morgan fingerprint density at radius 3 is 2.12 bits per heavy atom. The molecule has 10 rings (SSSR count). The number of aromatic nitrogens is 2. The zero-order chi connectivity index (χ0) is 33.2. The minimum Gasteiger partial charge on any atom is -0.344 e. The Kier molecular flexibility index (Phi) is 6.30. The van der Waals surface area contributed by atoms with E-state index in [4.69, 9.17) is 9.98 Å². The second-order valence-electron chi connectivity index (χ2n) is 13.3. The Morgan fingerprint density at radius 2 is 1.30 bits per heavy atom. The molecule has 5 heteroatoms. The number of nitrogens with one attached hydrogen (secondary N) is 2. The van der Waals surface area contributed by atoms with E-state index in [0.717, 1.165) is 39.5 Å². The molecule has 1 aliphatic carbocycles. The zero-order valence-corrected chi connectivity index (χ0v) is 27.5. The number of aromatic amines is 1. The van der Waals surface area contributed by atoms with Gasteiger partial charge >= 0.3 is 0 Å². The van der Waals surface area contributed by atoms with Gasteiger partial charge in [0.05, 0.1) is 16.7 Å². The van der Waals surface area contributed by atoms with Crippen molar-refractivity contribution in [2.75, 3.05) is 0 Å². The molecule has 2 unspecified atom stereocenters. The van der Waals surface area contributed by atoms with Gasteiger partial charge in [0.25, 0.3) is 0 Å². The Labute approximate surface area is 290 Å². The zero-order valence-electron chi connectivity index (χ0n) is 27.5. The lowest BCUT2D eigenvalue weighted by Gasteiger charge is -2.28. The molecule has 2 atom stereocenters. The van der Waals surface area contributed by atoms with Crippen LogP contribution in [0.3, 0.4) is 0 Å². The van der Waals surface area contributed by atoms with Crippen molar-refractivity contribution >= 4 is 33.5 Å². The van der Waals surface area contributed by atoms with Crippen LogP contribution in [0.1, 0.15) is 46.6 Å². The van der Waals surface area contributed by atoms with E-state index in [-0.39, 0.29) is 11.6 Å². The van der Waals surface area contributed by atoms with E-state index < -0.39 is 0 Å². The Hall–Kier alpha value is -6.46. The van der Waals surface area contributed by atoms with Crippen molar-refractivity contribution in [3.8, 4) is 16.9 Å². The molecule has 0 spiro atoms. The molecule has 2 N–H and O–H groups in total. The molecule has 8 aromatic rings. The number of benzene rings is 6. The van der Waals surface area contributed by atoms with Crippen LogP contribution >= 0.6 is 0 Å². The maximum Gasteiger partial charge on any atom is 0.175 e. The van der Waals surface area contributed by atoms with Gasteiger partial charge in [-0.25, -0.2) is 9.98 Å². The monoisotopic (exact) mass is 643 g/mol. The second kappa shape index (κ2) is 11.0. The molecule has 6 aromatic carbocycles. The summed E-state index contributed by atoms with van der Waals surface area (Å²) in [5, 5.41) is 6.02. The Morgan fingerprint density at radius 1 is 0.600 bits per heavy atom. The summed E-state index contributed by atoms with van der Waals surface area (Å²) in [4.78, 5) is 13.9. The average Bonchev–Trinajstić information content (AvgIpc) is 3.87. The van der Waals surface area contributed by atoms with Crippen LogP contribution < -0.4 is 5.32 Å². The van der Waals surface area contributed by atoms with Gasteiger partial charge in [-0.1, -0.05) is 133 Å². The molecule has 0 saturated carbocycles. The van der Waals surface area contributed by atoms with Crippen molar-refractivity contribution in [3.05, 3.63) is 197 Å². The molecule has 5 nitrogen and oxygen atoms in total. The molecule has 50 heavy (non-hydrogen) atoms. The third-order valence-corrected chi connectivity index (χ3v) is 10.5. The van der Waals surface area contributed by atoms with E-state index in [1.54, 1.807) is 0 Å². The third kappa shape index (κ3) is 4.26. The van der Waals surface area contributed by atoms with Gasteiger partial charge in [-0.2, -0.15) is 0 Å². The number of hydrogen-bond donors (Lipinski definition) is 2. The molecular formula is C45H33N5. The van der Waals surface area contributed by atoms with Gasteiger partial charge in [0.2, 0.25) is 0 Å². The van der Waals surface area contributed by atoms with Crippen LogP contribution in [0.15, 0.2) is 174 Å². The summed E-state index contributed by atoms with van der Waals surface area (Å²) in [7, 11) is 0. The lowest BCUT2D eigenvalue weighted by Crippen LogP contribution is -2.33.